The number of aromatic nitrogens is 1. The molecule has 4 nitrogen and oxygen atoms in total. The Morgan fingerprint density at radius 1 is 1.26 bits per heavy atom. The Balaban J connectivity index is 2.87. The van der Waals surface area contributed by atoms with Gasteiger partial charge >= 0.3 is 6.18 Å². The van der Waals surface area contributed by atoms with Crippen molar-refractivity contribution < 1.29 is 18.3 Å². The minimum atomic E-state index is -4.41. The van der Waals surface area contributed by atoms with Crippen LogP contribution < -0.4 is 10.6 Å². The molecule has 1 aromatic heterocycles. The van der Waals surface area contributed by atoms with E-state index in [1.807, 2.05) is 0 Å². The highest BCUT2D eigenvalue weighted by Gasteiger charge is 2.31. The number of aliphatic hydroxyl groups excluding tert-OH is 1. The highest BCUT2D eigenvalue weighted by atomic mass is 19.4. The molecule has 7 heteroatoms. The lowest BCUT2D eigenvalue weighted by molar-refractivity contribution is -0.137. The number of alkyl halides is 3. The number of hydrogen-bond acceptors (Lipinski definition) is 4. The minimum Gasteiger partial charge on any atom is -0.393 e. The van der Waals surface area contributed by atoms with E-state index in [1.165, 1.54) is 0 Å². The second kappa shape index (κ2) is 6.60. The van der Waals surface area contributed by atoms with Gasteiger partial charge in [-0.3, -0.25) is 0 Å². The summed E-state index contributed by atoms with van der Waals surface area (Å²) in [6, 6.07) is 1.94. The van der Waals surface area contributed by atoms with E-state index < -0.39 is 17.8 Å². The summed E-state index contributed by atoms with van der Waals surface area (Å²) in [5.74, 6) is 0.322. The van der Waals surface area contributed by atoms with Crippen molar-refractivity contribution >= 4 is 11.6 Å². The van der Waals surface area contributed by atoms with Crippen LogP contribution in [0.1, 0.15) is 25.8 Å². The Hall–Kier alpha value is -1.50. The van der Waals surface area contributed by atoms with E-state index in [-0.39, 0.29) is 11.6 Å². The number of rotatable bonds is 6. The molecule has 0 aliphatic heterocycles. The lowest BCUT2D eigenvalue weighted by atomic mass is 10.2. The maximum absolute atomic E-state index is 12.7. The molecule has 0 saturated heterocycles. The first-order valence-corrected chi connectivity index (χ1v) is 6.08. The molecular weight excluding hydrogens is 259 g/mol. The Labute approximate surface area is 110 Å². The van der Waals surface area contributed by atoms with Gasteiger partial charge in [-0.2, -0.15) is 13.2 Å². The van der Waals surface area contributed by atoms with E-state index in [0.29, 0.717) is 19.5 Å². The molecule has 0 aromatic carbocycles. The van der Waals surface area contributed by atoms with E-state index >= 15 is 0 Å². The Morgan fingerprint density at radius 3 is 2.32 bits per heavy atom. The van der Waals surface area contributed by atoms with Crippen LogP contribution in [0.4, 0.5) is 24.8 Å². The van der Waals surface area contributed by atoms with Crippen molar-refractivity contribution in [1.29, 1.82) is 0 Å². The van der Waals surface area contributed by atoms with Crippen molar-refractivity contribution in [2.45, 2.75) is 32.5 Å². The number of nitrogens with zero attached hydrogens (tertiary/aromatic N) is 1. The molecule has 108 valence electrons. The lowest BCUT2D eigenvalue weighted by Gasteiger charge is -2.13. The molecule has 3 N–H and O–H groups in total. The first-order chi connectivity index (χ1) is 8.82. The highest BCUT2D eigenvalue weighted by Crippen LogP contribution is 2.32. The smallest absolute Gasteiger partial charge is 0.393 e. The monoisotopic (exact) mass is 277 g/mol. The van der Waals surface area contributed by atoms with Gasteiger partial charge in [0.2, 0.25) is 0 Å². The average Bonchev–Trinajstić information content (AvgIpc) is 2.27. The van der Waals surface area contributed by atoms with Gasteiger partial charge < -0.3 is 15.7 Å². The van der Waals surface area contributed by atoms with Gasteiger partial charge in [-0.25, -0.2) is 4.98 Å². The molecule has 0 spiro atoms. The molecule has 19 heavy (non-hydrogen) atoms. The molecule has 0 aliphatic rings. The van der Waals surface area contributed by atoms with Gasteiger partial charge in [-0.1, -0.05) is 0 Å². The fraction of sp³-hybridized carbons (Fsp3) is 0.583. The lowest BCUT2D eigenvalue weighted by Crippen LogP contribution is -2.13. The van der Waals surface area contributed by atoms with E-state index in [9.17, 15) is 13.2 Å². The predicted molar refractivity (Wildman–Crippen MR) is 68.2 cm³/mol. The van der Waals surface area contributed by atoms with E-state index in [2.05, 4.69) is 15.6 Å². The van der Waals surface area contributed by atoms with Crippen LogP contribution >= 0.6 is 0 Å². The molecule has 1 heterocycles. The summed E-state index contributed by atoms with van der Waals surface area (Å²) in [6.07, 6.45) is -4.48. The van der Waals surface area contributed by atoms with Crippen molar-refractivity contribution in [3.63, 3.8) is 0 Å². The van der Waals surface area contributed by atoms with Crippen LogP contribution in [0.5, 0.6) is 0 Å². The fourth-order valence-corrected chi connectivity index (χ4v) is 1.47. The Kier molecular flexibility index (Phi) is 5.41. The molecular formula is C12H18F3N3O. The van der Waals surface area contributed by atoms with Crippen LogP contribution in [0.3, 0.4) is 0 Å². The number of anilines is 2. The molecule has 0 aliphatic carbocycles. The molecule has 0 bridgehead atoms. The molecule has 1 atom stereocenters. The zero-order valence-corrected chi connectivity index (χ0v) is 10.9. The van der Waals surface area contributed by atoms with Crippen molar-refractivity contribution in [2.75, 3.05) is 23.7 Å². The van der Waals surface area contributed by atoms with Gasteiger partial charge in [0.05, 0.1) is 11.7 Å². The Bertz CT molecular complexity index is 408. The van der Waals surface area contributed by atoms with Gasteiger partial charge in [-0.15, -0.1) is 0 Å². The number of aliphatic hydroxyl groups is 1. The Morgan fingerprint density at radius 2 is 1.84 bits per heavy atom. The van der Waals surface area contributed by atoms with Crippen molar-refractivity contribution in [3.8, 4) is 0 Å². The zero-order valence-electron chi connectivity index (χ0n) is 10.9. The standard InChI is InChI=1S/C12H18F3N3O/c1-3-16-10-6-9(12(13,14)15)7-11(18-10)17-5-4-8(2)19/h6-8,19H,3-5H2,1-2H3,(H2,16,17,18). The van der Waals surface area contributed by atoms with Gasteiger partial charge in [-0.05, 0) is 32.4 Å². The van der Waals surface area contributed by atoms with Crippen LogP contribution in [0.25, 0.3) is 0 Å². The first kappa shape index (κ1) is 15.6. The van der Waals surface area contributed by atoms with Gasteiger partial charge in [0.1, 0.15) is 11.6 Å². The van der Waals surface area contributed by atoms with E-state index in [4.69, 9.17) is 5.11 Å². The number of nitrogens with one attached hydrogen (secondary N) is 2. The zero-order chi connectivity index (χ0) is 14.5. The average molecular weight is 277 g/mol. The summed E-state index contributed by atoms with van der Waals surface area (Å²) < 4.78 is 38.1. The van der Waals surface area contributed by atoms with Crippen molar-refractivity contribution in [3.05, 3.63) is 17.7 Å². The topological polar surface area (TPSA) is 57.2 Å². The van der Waals surface area contributed by atoms with Crippen LogP contribution in [-0.4, -0.2) is 29.3 Å². The number of halogens is 3. The third kappa shape index (κ3) is 5.34. The summed E-state index contributed by atoms with van der Waals surface area (Å²) >= 11 is 0. The van der Waals surface area contributed by atoms with Crippen LogP contribution in [0.15, 0.2) is 12.1 Å². The normalized spacial score (nSPS) is 13.2. The summed E-state index contributed by atoms with van der Waals surface area (Å²) in [5, 5.41) is 14.6. The second-order valence-corrected chi connectivity index (χ2v) is 4.22. The minimum absolute atomic E-state index is 0.145. The molecule has 0 amide bonds. The molecule has 1 rings (SSSR count). The summed E-state index contributed by atoms with van der Waals surface area (Å²) in [4.78, 5) is 4.03. The van der Waals surface area contributed by atoms with Crippen molar-refractivity contribution in [2.24, 2.45) is 0 Å². The van der Waals surface area contributed by atoms with Gasteiger partial charge in [0, 0.05) is 13.1 Å². The highest BCUT2D eigenvalue weighted by molar-refractivity contribution is 5.49. The maximum atomic E-state index is 12.7. The molecule has 1 aromatic rings. The SMILES string of the molecule is CCNc1cc(C(F)(F)F)cc(NCCC(C)O)n1. The quantitative estimate of drug-likeness (QED) is 0.748. The van der Waals surface area contributed by atoms with E-state index in [0.717, 1.165) is 12.1 Å². The number of pyridine rings is 1. The summed E-state index contributed by atoms with van der Waals surface area (Å²) in [5.41, 5.74) is -0.752. The van der Waals surface area contributed by atoms with Crippen LogP contribution in [-0.2, 0) is 6.18 Å². The van der Waals surface area contributed by atoms with Crippen LogP contribution in [0.2, 0.25) is 0 Å². The largest absolute Gasteiger partial charge is 0.416 e. The van der Waals surface area contributed by atoms with Crippen LogP contribution in [0, 0.1) is 0 Å². The van der Waals surface area contributed by atoms with Gasteiger partial charge in [0.25, 0.3) is 0 Å². The molecule has 0 fully saturated rings. The molecule has 1 unspecified atom stereocenters. The third-order valence-electron chi connectivity index (χ3n) is 2.38. The summed E-state index contributed by atoms with van der Waals surface area (Å²) in [7, 11) is 0. The fourth-order valence-electron chi connectivity index (χ4n) is 1.47. The van der Waals surface area contributed by atoms with E-state index in [1.54, 1.807) is 13.8 Å². The maximum Gasteiger partial charge on any atom is 0.416 e. The number of hydrogen-bond donors (Lipinski definition) is 3. The first-order valence-electron chi connectivity index (χ1n) is 6.08. The van der Waals surface area contributed by atoms with Gasteiger partial charge in [0.15, 0.2) is 0 Å². The predicted octanol–water partition coefficient (Wildman–Crippen LogP) is 2.72. The third-order valence-corrected chi connectivity index (χ3v) is 2.38. The second-order valence-electron chi connectivity index (χ2n) is 4.22. The molecule has 0 radical (unpaired) electrons. The summed E-state index contributed by atoms with van der Waals surface area (Å²) in [6.45, 7) is 4.24. The van der Waals surface area contributed by atoms with Crippen molar-refractivity contribution in [1.82, 2.24) is 4.98 Å². The molecule has 0 saturated carbocycles.